The fourth-order valence-electron chi connectivity index (χ4n) is 4.94. The zero-order valence-electron chi connectivity index (χ0n) is 23.3. The number of nitrogens with zero attached hydrogens (tertiary/aromatic N) is 3. The van der Waals surface area contributed by atoms with E-state index in [2.05, 4.69) is 15.5 Å². The highest BCUT2D eigenvalue weighted by atomic mass is 32.1. The molecule has 2 aromatic heterocycles. The van der Waals surface area contributed by atoms with Gasteiger partial charge >= 0.3 is 0 Å². The second kappa shape index (κ2) is 11.6. The van der Waals surface area contributed by atoms with Crippen LogP contribution in [-0.4, -0.2) is 55.8 Å². The van der Waals surface area contributed by atoms with Gasteiger partial charge in [-0.05, 0) is 24.0 Å². The second-order valence-electron chi connectivity index (χ2n) is 11.6. The minimum Gasteiger partial charge on any atom is -0.391 e. The first-order valence-electron chi connectivity index (χ1n) is 13.3. The van der Waals surface area contributed by atoms with Crippen LogP contribution in [0, 0.1) is 5.92 Å². The molecule has 0 spiro atoms. The number of aliphatic hydroxyl groups excluding tert-OH is 2. The minimum absolute atomic E-state index is 0.0888. The van der Waals surface area contributed by atoms with Crippen molar-refractivity contribution in [2.24, 2.45) is 5.92 Å². The van der Waals surface area contributed by atoms with Gasteiger partial charge in [0.15, 0.2) is 0 Å². The van der Waals surface area contributed by atoms with Crippen LogP contribution in [0.15, 0.2) is 40.4 Å². The lowest BCUT2D eigenvalue weighted by Crippen LogP contribution is -2.48. The Morgan fingerprint density at radius 2 is 1.90 bits per heavy atom. The summed E-state index contributed by atoms with van der Waals surface area (Å²) >= 11 is 1.46. The predicted octanol–water partition coefficient (Wildman–Crippen LogP) is 4.17. The van der Waals surface area contributed by atoms with Gasteiger partial charge in [0, 0.05) is 24.4 Å². The maximum Gasteiger partial charge on any atom is 0.243 e. The largest absolute Gasteiger partial charge is 0.391 e. The summed E-state index contributed by atoms with van der Waals surface area (Å²) in [5, 5.41) is 27.2. The third-order valence-corrected chi connectivity index (χ3v) is 8.14. The van der Waals surface area contributed by atoms with E-state index < -0.39 is 18.1 Å². The van der Waals surface area contributed by atoms with E-state index in [0.717, 1.165) is 21.7 Å². The number of carbonyl (C=O) groups excluding carboxylic acids is 2. The molecule has 210 valence electrons. The highest BCUT2D eigenvalue weighted by molar-refractivity contribution is 7.13. The van der Waals surface area contributed by atoms with Gasteiger partial charge in [-0.3, -0.25) is 9.59 Å². The Morgan fingerprint density at radius 1 is 1.21 bits per heavy atom. The van der Waals surface area contributed by atoms with Crippen LogP contribution in [0.2, 0.25) is 0 Å². The Labute approximate surface area is 233 Å². The predicted molar refractivity (Wildman–Crippen MR) is 149 cm³/mol. The number of carbonyl (C=O) groups is 2. The number of nitrogens with one attached hydrogen (secondary N) is 1. The lowest BCUT2D eigenvalue weighted by atomic mass is 9.88. The number of aliphatic hydroxyl groups is 2. The number of rotatable bonds is 8. The van der Waals surface area contributed by atoms with Gasteiger partial charge in [0.1, 0.15) is 17.7 Å². The van der Waals surface area contributed by atoms with E-state index >= 15 is 0 Å². The molecule has 0 bridgehead atoms. The Bertz CT molecular complexity index is 1290. The molecule has 1 aliphatic heterocycles. The first-order chi connectivity index (χ1) is 18.4. The molecular formula is C29H38N4O5S. The molecule has 3 N–H and O–H groups in total. The molecular weight excluding hydrogens is 516 g/mol. The molecule has 39 heavy (non-hydrogen) atoms. The fourth-order valence-corrected chi connectivity index (χ4v) is 5.75. The van der Waals surface area contributed by atoms with Crippen LogP contribution in [0.4, 0.5) is 0 Å². The van der Waals surface area contributed by atoms with E-state index in [1.165, 1.54) is 16.2 Å². The molecule has 4 unspecified atom stereocenters. The van der Waals surface area contributed by atoms with Gasteiger partial charge in [0.05, 0.1) is 40.5 Å². The average Bonchev–Trinajstić information content (AvgIpc) is 3.63. The Hall–Kier alpha value is -3.08. The van der Waals surface area contributed by atoms with Gasteiger partial charge in [0.2, 0.25) is 11.8 Å². The summed E-state index contributed by atoms with van der Waals surface area (Å²) < 4.78 is 5.61. The fraction of sp³-hybridized carbons (Fsp3) is 0.517. The number of likely N-dealkylation sites (tertiary alicyclic amines) is 1. The number of β-amino-alcohol motifs (C(OH)–C–C–N with tert-alkyl or cyclic N) is 1. The SMILES string of the molecule is CC(NC(=O)C1CC(O)CN1C(=O)C(c1cc(C(C)(C)C)no1)C(C)C)c1ccc(-c2scnc2CO)cc1. The van der Waals surface area contributed by atoms with Crippen LogP contribution in [0.5, 0.6) is 0 Å². The molecule has 1 saturated heterocycles. The minimum atomic E-state index is -0.787. The maximum absolute atomic E-state index is 13.8. The van der Waals surface area contributed by atoms with Crippen LogP contribution in [0.3, 0.4) is 0 Å². The number of amides is 2. The van der Waals surface area contributed by atoms with Gasteiger partial charge < -0.3 is 25.0 Å². The van der Waals surface area contributed by atoms with Crippen molar-refractivity contribution in [3.63, 3.8) is 0 Å². The third-order valence-electron chi connectivity index (χ3n) is 7.22. The number of hydrogen-bond acceptors (Lipinski definition) is 8. The molecule has 9 nitrogen and oxygen atoms in total. The summed E-state index contributed by atoms with van der Waals surface area (Å²) in [6, 6.07) is 8.46. The topological polar surface area (TPSA) is 129 Å². The van der Waals surface area contributed by atoms with Crippen LogP contribution in [-0.2, 0) is 21.6 Å². The smallest absolute Gasteiger partial charge is 0.243 e. The first-order valence-corrected chi connectivity index (χ1v) is 14.2. The summed E-state index contributed by atoms with van der Waals surface area (Å²) in [5.41, 5.74) is 4.72. The van der Waals surface area contributed by atoms with Crippen molar-refractivity contribution >= 4 is 23.2 Å². The van der Waals surface area contributed by atoms with Crippen LogP contribution < -0.4 is 5.32 Å². The molecule has 0 saturated carbocycles. The summed E-state index contributed by atoms with van der Waals surface area (Å²) in [4.78, 5) is 33.8. The van der Waals surface area contributed by atoms with Gasteiger partial charge in [0.25, 0.3) is 0 Å². The highest BCUT2D eigenvalue weighted by Crippen LogP contribution is 2.34. The van der Waals surface area contributed by atoms with Gasteiger partial charge in [-0.2, -0.15) is 0 Å². The lowest BCUT2D eigenvalue weighted by molar-refractivity contribution is -0.141. The van der Waals surface area contributed by atoms with E-state index in [-0.39, 0.29) is 48.8 Å². The number of hydrogen-bond donors (Lipinski definition) is 3. The summed E-state index contributed by atoms with van der Waals surface area (Å²) in [7, 11) is 0. The standard InChI is InChI=1S/C29H38N4O5S/c1-16(2)25(23-12-24(32-38-23)29(4,5)6)28(37)33-13-20(35)11-22(33)27(36)31-17(3)18-7-9-19(10-8-18)26-21(14-34)30-15-39-26/h7-10,12,15-17,20,22,25,34-35H,11,13-14H2,1-6H3,(H,31,36). The second-order valence-corrected chi connectivity index (χ2v) is 12.5. The van der Waals surface area contributed by atoms with Crippen molar-refractivity contribution in [3.8, 4) is 10.4 Å². The van der Waals surface area contributed by atoms with Crippen molar-refractivity contribution in [2.45, 2.75) is 84.1 Å². The Kier molecular flexibility index (Phi) is 8.58. The van der Waals surface area contributed by atoms with Crippen molar-refractivity contribution < 1.29 is 24.3 Å². The van der Waals surface area contributed by atoms with Crippen molar-refractivity contribution in [1.82, 2.24) is 20.4 Å². The number of benzene rings is 1. The van der Waals surface area contributed by atoms with Crippen molar-refractivity contribution in [2.75, 3.05) is 6.54 Å². The molecule has 3 heterocycles. The van der Waals surface area contributed by atoms with Crippen molar-refractivity contribution in [3.05, 3.63) is 58.6 Å². The first kappa shape index (κ1) is 28.9. The normalized spacial score (nSPS) is 19.4. The molecule has 0 radical (unpaired) electrons. The summed E-state index contributed by atoms with van der Waals surface area (Å²) in [6.07, 6.45) is -0.611. The monoisotopic (exact) mass is 554 g/mol. The Morgan fingerprint density at radius 3 is 2.49 bits per heavy atom. The highest BCUT2D eigenvalue weighted by Gasteiger charge is 2.43. The van der Waals surface area contributed by atoms with E-state index in [9.17, 15) is 19.8 Å². The molecule has 4 atom stereocenters. The molecule has 1 aliphatic rings. The lowest BCUT2D eigenvalue weighted by Gasteiger charge is -2.29. The Balaban J connectivity index is 1.48. The van der Waals surface area contributed by atoms with Crippen LogP contribution in [0.25, 0.3) is 10.4 Å². The molecule has 1 aromatic carbocycles. The number of aromatic nitrogens is 2. The average molecular weight is 555 g/mol. The summed E-state index contributed by atoms with van der Waals surface area (Å²) in [6.45, 7) is 11.8. The quantitative estimate of drug-likeness (QED) is 0.381. The van der Waals surface area contributed by atoms with Crippen molar-refractivity contribution in [1.29, 1.82) is 0 Å². The molecule has 4 rings (SSSR count). The van der Waals surface area contributed by atoms with Gasteiger partial charge in [-0.25, -0.2) is 4.98 Å². The number of thiazole rings is 1. The zero-order valence-corrected chi connectivity index (χ0v) is 24.2. The van der Waals surface area contributed by atoms with E-state index in [1.807, 2.05) is 71.9 Å². The van der Waals surface area contributed by atoms with Gasteiger partial charge in [-0.1, -0.05) is 64.0 Å². The van der Waals surface area contributed by atoms with E-state index in [0.29, 0.717) is 11.5 Å². The van der Waals surface area contributed by atoms with Crippen LogP contribution >= 0.6 is 11.3 Å². The van der Waals surface area contributed by atoms with E-state index in [4.69, 9.17) is 4.52 Å². The van der Waals surface area contributed by atoms with Gasteiger partial charge in [-0.15, -0.1) is 11.3 Å². The molecule has 2 amide bonds. The molecule has 3 aromatic rings. The maximum atomic E-state index is 13.8. The van der Waals surface area contributed by atoms with E-state index in [1.54, 1.807) is 5.51 Å². The molecule has 10 heteroatoms. The van der Waals surface area contributed by atoms with Crippen LogP contribution in [0.1, 0.15) is 82.6 Å². The molecule has 1 fully saturated rings. The zero-order chi connectivity index (χ0) is 28.5. The summed E-state index contributed by atoms with van der Waals surface area (Å²) in [5.74, 6) is -0.799. The molecule has 0 aliphatic carbocycles. The third kappa shape index (κ3) is 6.23.